The Kier molecular flexibility index (Phi) is 4.58. The summed E-state index contributed by atoms with van der Waals surface area (Å²) in [5.74, 6) is 0. The molecule has 0 bridgehead atoms. The Hall–Kier alpha value is -0.660. The normalized spacial score (nSPS) is 17.8. The monoisotopic (exact) mass is 290 g/mol. The summed E-state index contributed by atoms with van der Waals surface area (Å²) in [4.78, 5) is 0. The van der Waals surface area contributed by atoms with E-state index in [2.05, 4.69) is 4.72 Å². The van der Waals surface area contributed by atoms with Crippen molar-refractivity contribution in [1.29, 1.82) is 0 Å². The lowest BCUT2D eigenvalue weighted by Gasteiger charge is -2.26. The fourth-order valence-corrected chi connectivity index (χ4v) is 3.07. The van der Waals surface area contributed by atoms with Crippen LogP contribution in [-0.4, -0.2) is 39.0 Å². The van der Waals surface area contributed by atoms with E-state index in [0.29, 0.717) is 31.3 Å². The predicted octanol–water partition coefficient (Wildman–Crippen LogP) is 1.01. The Labute approximate surface area is 112 Å². The Bertz CT molecular complexity index is 501. The largest absolute Gasteiger partial charge is 0.379 e. The molecule has 5 nitrogen and oxygen atoms in total. The number of ether oxygens (including phenoxy) is 1. The standard InChI is InChI=1S/C11H15ClN2O3S/c12-11-3-1-2-10(8-11)9-13-18(15,16)14-4-6-17-7-5-14/h1-3,8,13H,4-7,9H2. The first kappa shape index (κ1) is 13.8. The molecule has 18 heavy (non-hydrogen) atoms. The predicted molar refractivity (Wildman–Crippen MR) is 69.6 cm³/mol. The SMILES string of the molecule is O=S(=O)(NCc1cccc(Cl)c1)N1CCOCC1. The van der Waals surface area contributed by atoms with Gasteiger partial charge in [0.25, 0.3) is 10.2 Å². The summed E-state index contributed by atoms with van der Waals surface area (Å²) < 4.78 is 33.0. The fraction of sp³-hybridized carbons (Fsp3) is 0.455. The number of morpholine rings is 1. The van der Waals surface area contributed by atoms with E-state index in [0.717, 1.165) is 5.56 Å². The Morgan fingerprint density at radius 2 is 2.06 bits per heavy atom. The zero-order chi connectivity index (χ0) is 13.0. The van der Waals surface area contributed by atoms with Gasteiger partial charge in [-0.2, -0.15) is 17.4 Å². The van der Waals surface area contributed by atoms with Gasteiger partial charge in [0.2, 0.25) is 0 Å². The van der Waals surface area contributed by atoms with E-state index in [1.807, 2.05) is 6.07 Å². The van der Waals surface area contributed by atoms with Crippen molar-refractivity contribution in [3.63, 3.8) is 0 Å². The number of hydrogen-bond donors (Lipinski definition) is 1. The van der Waals surface area contributed by atoms with Crippen LogP contribution in [0.4, 0.5) is 0 Å². The average molecular weight is 291 g/mol. The lowest BCUT2D eigenvalue weighted by atomic mass is 10.2. The molecule has 1 N–H and O–H groups in total. The van der Waals surface area contributed by atoms with E-state index in [1.54, 1.807) is 18.2 Å². The van der Waals surface area contributed by atoms with Gasteiger partial charge in [-0.15, -0.1) is 0 Å². The molecule has 2 rings (SSSR count). The summed E-state index contributed by atoms with van der Waals surface area (Å²) in [5, 5.41) is 0.595. The van der Waals surface area contributed by atoms with Gasteiger partial charge in [0.05, 0.1) is 13.2 Å². The molecule has 1 aliphatic heterocycles. The van der Waals surface area contributed by atoms with Crippen LogP contribution < -0.4 is 4.72 Å². The van der Waals surface area contributed by atoms with Gasteiger partial charge in [-0.25, -0.2) is 0 Å². The van der Waals surface area contributed by atoms with E-state index in [4.69, 9.17) is 16.3 Å². The van der Waals surface area contributed by atoms with Crippen LogP contribution >= 0.6 is 11.6 Å². The molecule has 1 fully saturated rings. The van der Waals surface area contributed by atoms with Gasteiger partial charge in [0, 0.05) is 24.7 Å². The van der Waals surface area contributed by atoms with Crippen LogP contribution in [0.3, 0.4) is 0 Å². The molecular weight excluding hydrogens is 276 g/mol. The summed E-state index contributed by atoms with van der Waals surface area (Å²) in [6, 6.07) is 7.11. The second kappa shape index (κ2) is 5.99. The second-order valence-corrected chi connectivity index (χ2v) is 6.16. The maximum absolute atomic E-state index is 12.0. The Morgan fingerprint density at radius 3 is 2.72 bits per heavy atom. The van der Waals surface area contributed by atoms with Crippen molar-refractivity contribution in [3.05, 3.63) is 34.9 Å². The number of rotatable bonds is 4. The molecule has 1 aromatic carbocycles. The van der Waals surface area contributed by atoms with Crippen molar-refractivity contribution in [1.82, 2.24) is 9.03 Å². The molecule has 1 aromatic rings. The summed E-state index contributed by atoms with van der Waals surface area (Å²) in [5.41, 5.74) is 0.833. The van der Waals surface area contributed by atoms with Crippen LogP contribution in [0, 0.1) is 0 Å². The highest BCUT2D eigenvalue weighted by molar-refractivity contribution is 7.87. The lowest BCUT2D eigenvalue weighted by Crippen LogP contribution is -2.46. The molecule has 0 aliphatic carbocycles. The second-order valence-electron chi connectivity index (χ2n) is 3.97. The third-order valence-corrected chi connectivity index (χ3v) is 4.45. The molecular formula is C11H15ClN2O3S. The van der Waals surface area contributed by atoms with Crippen molar-refractivity contribution in [2.45, 2.75) is 6.54 Å². The van der Waals surface area contributed by atoms with Crippen LogP contribution in [0.15, 0.2) is 24.3 Å². The topological polar surface area (TPSA) is 58.6 Å². The zero-order valence-corrected chi connectivity index (χ0v) is 11.4. The zero-order valence-electron chi connectivity index (χ0n) is 9.80. The highest BCUT2D eigenvalue weighted by Gasteiger charge is 2.23. The smallest absolute Gasteiger partial charge is 0.279 e. The highest BCUT2D eigenvalue weighted by atomic mass is 35.5. The number of nitrogens with one attached hydrogen (secondary N) is 1. The number of hydrogen-bond acceptors (Lipinski definition) is 3. The third-order valence-electron chi connectivity index (χ3n) is 2.66. The minimum Gasteiger partial charge on any atom is -0.379 e. The fourth-order valence-electron chi connectivity index (χ4n) is 1.70. The quantitative estimate of drug-likeness (QED) is 0.900. The summed E-state index contributed by atoms with van der Waals surface area (Å²) in [6.45, 7) is 1.91. The molecule has 0 unspecified atom stereocenters. The van der Waals surface area contributed by atoms with Crippen molar-refractivity contribution in [2.75, 3.05) is 26.3 Å². The maximum Gasteiger partial charge on any atom is 0.279 e. The average Bonchev–Trinajstić information content (AvgIpc) is 2.38. The molecule has 0 spiro atoms. The number of benzene rings is 1. The van der Waals surface area contributed by atoms with Crippen LogP contribution in [0.1, 0.15) is 5.56 Å². The van der Waals surface area contributed by atoms with Crippen molar-refractivity contribution in [3.8, 4) is 0 Å². The molecule has 0 radical (unpaired) electrons. The van der Waals surface area contributed by atoms with Crippen LogP contribution in [-0.2, 0) is 21.5 Å². The van der Waals surface area contributed by atoms with E-state index in [9.17, 15) is 8.42 Å². The van der Waals surface area contributed by atoms with Gasteiger partial charge in [0.15, 0.2) is 0 Å². The van der Waals surface area contributed by atoms with Crippen molar-refractivity contribution < 1.29 is 13.2 Å². The molecule has 0 atom stereocenters. The third kappa shape index (κ3) is 3.66. The van der Waals surface area contributed by atoms with Crippen LogP contribution in [0.2, 0.25) is 5.02 Å². The van der Waals surface area contributed by atoms with E-state index in [1.165, 1.54) is 4.31 Å². The van der Waals surface area contributed by atoms with Crippen molar-refractivity contribution in [2.24, 2.45) is 0 Å². The van der Waals surface area contributed by atoms with Gasteiger partial charge in [-0.3, -0.25) is 0 Å². The van der Waals surface area contributed by atoms with Crippen LogP contribution in [0.25, 0.3) is 0 Å². The van der Waals surface area contributed by atoms with Crippen molar-refractivity contribution >= 4 is 21.8 Å². The minimum atomic E-state index is -3.43. The van der Waals surface area contributed by atoms with Gasteiger partial charge in [0.1, 0.15) is 0 Å². The molecule has 1 saturated heterocycles. The number of nitrogens with zero attached hydrogens (tertiary/aromatic N) is 1. The molecule has 1 aliphatic rings. The molecule has 0 amide bonds. The van der Waals surface area contributed by atoms with Gasteiger partial charge in [-0.1, -0.05) is 23.7 Å². The summed E-state index contributed by atoms with van der Waals surface area (Å²) >= 11 is 5.84. The molecule has 1 heterocycles. The first-order chi connectivity index (χ1) is 8.58. The molecule has 100 valence electrons. The molecule has 0 aromatic heterocycles. The Morgan fingerprint density at radius 1 is 1.33 bits per heavy atom. The Balaban J connectivity index is 1.96. The van der Waals surface area contributed by atoms with Gasteiger partial charge < -0.3 is 4.74 Å². The highest BCUT2D eigenvalue weighted by Crippen LogP contribution is 2.11. The van der Waals surface area contributed by atoms with E-state index in [-0.39, 0.29) is 6.54 Å². The lowest BCUT2D eigenvalue weighted by molar-refractivity contribution is 0.0725. The maximum atomic E-state index is 12.0. The minimum absolute atomic E-state index is 0.236. The first-order valence-corrected chi connectivity index (χ1v) is 7.47. The van der Waals surface area contributed by atoms with E-state index >= 15 is 0 Å². The summed E-state index contributed by atoms with van der Waals surface area (Å²) in [7, 11) is -3.43. The van der Waals surface area contributed by atoms with E-state index < -0.39 is 10.2 Å². The number of halogens is 1. The molecule has 0 saturated carbocycles. The van der Waals surface area contributed by atoms with Gasteiger partial charge >= 0.3 is 0 Å². The van der Waals surface area contributed by atoms with Gasteiger partial charge in [-0.05, 0) is 17.7 Å². The molecule has 7 heteroatoms. The first-order valence-electron chi connectivity index (χ1n) is 5.65. The van der Waals surface area contributed by atoms with Crippen LogP contribution in [0.5, 0.6) is 0 Å². The summed E-state index contributed by atoms with van der Waals surface area (Å²) in [6.07, 6.45) is 0.